The van der Waals surface area contributed by atoms with Crippen LogP contribution in [0.4, 0.5) is 10.1 Å². The molecular weight excluding hydrogens is 267 g/mol. The van der Waals surface area contributed by atoms with E-state index in [-0.39, 0.29) is 16.9 Å². The maximum absolute atomic E-state index is 12.7. The van der Waals surface area contributed by atoms with Crippen LogP contribution in [0.1, 0.15) is 20.8 Å². The van der Waals surface area contributed by atoms with Crippen LogP contribution in [0.5, 0.6) is 5.75 Å². The summed E-state index contributed by atoms with van der Waals surface area (Å²) in [6, 6.07) is 6.14. The van der Waals surface area contributed by atoms with Crippen LogP contribution in [0.25, 0.3) is 0 Å². The van der Waals surface area contributed by atoms with Crippen LogP contribution in [0, 0.1) is 5.82 Å². The van der Waals surface area contributed by atoms with E-state index in [4.69, 9.17) is 5.11 Å². The molecule has 3 N–H and O–H groups in total. The molecule has 0 aliphatic carbocycles. The third kappa shape index (κ3) is 2.72. The van der Waals surface area contributed by atoms with E-state index < -0.39 is 23.4 Å². The Labute approximate surface area is 112 Å². The van der Waals surface area contributed by atoms with Gasteiger partial charge in [0.15, 0.2) is 5.75 Å². The van der Waals surface area contributed by atoms with Gasteiger partial charge in [-0.3, -0.25) is 4.79 Å². The van der Waals surface area contributed by atoms with Crippen LogP contribution in [-0.2, 0) is 0 Å². The molecule has 1 heterocycles. The second kappa shape index (κ2) is 5.35. The number of nitrogens with one attached hydrogen (secondary N) is 1. The van der Waals surface area contributed by atoms with Crippen molar-refractivity contribution >= 4 is 17.6 Å². The zero-order chi connectivity index (χ0) is 14.7. The number of carboxylic acids is 1. The molecule has 0 radical (unpaired) electrons. The number of aromatic hydroxyl groups is 1. The predicted octanol–water partition coefficient (Wildman–Crippen LogP) is 1.88. The number of aromatic nitrogens is 1. The number of nitrogens with zero attached hydrogens (tertiary/aromatic N) is 1. The van der Waals surface area contributed by atoms with Gasteiger partial charge in [-0.1, -0.05) is 6.07 Å². The molecule has 1 aromatic carbocycles. The third-order valence-corrected chi connectivity index (χ3v) is 2.47. The molecule has 7 heteroatoms. The first kappa shape index (κ1) is 13.5. The monoisotopic (exact) mass is 276 g/mol. The number of pyridine rings is 1. The Hall–Kier alpha value is -2.96. The van der Waals surface area contributed by atoms with Crippen LogP contribution in [0.2, 0.25) is 0 Å². The summed E-state index contributed by atoms with van der Waals surface area (Å²) in [4.78, 5) is 26.2. The van der Waals surface area contributed by atoms with Crippen molar-refractivity contribution in [2.45, 2.75) is 0 Å². The summed E-state index contributed by atoms with van der Waals surface area (Å²) in [5.41, 5.74) is -0.470. The highest BCUT2D eigenvalue weighted by Crippen LogP contribution is 2.27. The van der Waals surface area contributed by atoms with Crippen molar-refractivity contribution in [3.63, 3.8) is 0 Å². The van der Waals surface area contributed by atoms with E-state index in [0.29, 0.717) is 0 Å². The molecule has 0 aliphatic rings. The van der Waals surface area contributed by atoms with E-state index in [1.807, 2.05) is 0 Å². The molecule has 2 rings (SSSR count). The number of carbonyl (C=O) groups is 2. The fourth-order valence-electron chi connectivity index (χ4n) is 1.51. The van der Waals surface area contributed by atoms with Gasteiger partial charge in [0, 0.05) is 0 Å². The van der Waals surface area contributed by atoms with Crippen molar-refractivity contribution < 1.29 is 24.2 Å². The van der Waals surface area contributed by atoms with Gasteiger partial charge in [0.1, 0.15) is 17.1 Å². The smallest absolute Gasteiger partial charge is 0.339 e. The molecule has 0 fully saturated rings. The summed E-state index contributed by atoms with van der Waals surface area (Å²) in [5.74, 6) is -3.16. The van der Waals surface area contributed by atoms with E-state index in [9.17, 15) is 19.1 Å². The van der Waals surface area contributed by atoms with Crippen molar-refractivity contribution in [1.82, 2.24) is 4.98 Å². The van der Waals surface area contributed by atoms with E-state index in [2.05, 4.69) is 10.3 Å². The number of hydrogen-bond acceptors (Lipinski definition) is 4. The van der Waals surface area contributed by atoms with Gasteiger partial charge in [0.2, 0.25) is 0 Å². The van der Waals surface area contributed by atoms with Crippen LogP contribution in [0.15, 0.2) is 36.5 Å². The fraction of sp³-hybridized carbons (Fsp3) is 0. The van der Waals surface area contributed by atoms with Crippen LogP contribution >= 0.6 is 0 Å². The summed E-state index contributed by atoms with van der Waals surface area (Å²) in [5, 5.41) is 20.9. The summed E-state index contributed by atoms with van der Waals surface area (Å²) in [6.45, 7) is 0. The number of rotatable bonds is 3. The lowest BCUT2D eigenvalue weighted by Gasteiger charge is -2.08. The first-order chi connectivity index (χ1) is 9.49. The van der Waals surface area contributed by atoms with Gasteiger partial charge in [0.25, 0.3) is 5.91 Å². The Bertz CT molecular complexity index is 671. The normalized spacial score (nSPS) is 10.1. The number of para-hydroxylation sites is 1. The molecule has 2 aromatic rings. The molecule has 20 heavy (non-hydrogen) atoms. The Balaban J connectivity index is 2.26. The molecule has 1 aromatic heterocycles. The summed E-state index contributed by atoms with van der Waals surface area (Å²) >= 11 is 0. The van der Waals surface area contributed by atoms with Crippen molar-refractivity contribution in [2.75, 3.05) is 5.32 Å². The molecule has 0 atom stereocenters. The van der Waals surface area contributed by atoms with Crippen LogP contribution in [0.3, 0.4) is 0 Å². The summed E-state index contributed by atoms with van der Waals surface area (Å²) in [7, 11) is 0. The number of benzene rings is 1. The molecule has 102 valence electrons. The number of carbonyl (C=O) groups excluding carboxylic acids is 1. The summed E-state index contributed by atoms with van der Waals surface area (Å²) in [6.07, 6.45) is 0.877. The molecule has 0 aliphatic heterocycles. The van der Waals surface area contributed by atoms with Crippen molar-refractivity contribution in [1.29, 1.82) is 0 Å². The SMILES string of the molecule is O=C(Nc1cccc(C(=O)O)c1O)c1ccc(F)cn1. The third-order valence-electron chi connectivity index (χ3n) is 2.47. The molecule has 0 unspecified atom stereocenters. The predicted molar refractivity (Wildman–Crippen MR) is 67.2 cm³/mol. The van der Waals surface area contributed by atoms with Crippen molar-refractivity contribution in [3.8, 4) is 5.75 Å². The molecule has 0 bridgehead atoms. The zero-order valence-electron chi connectivity index (χ0n) is 10.0. The van der Waals surface area contributed by atoms with Gasteiger partial charge in [-0.15, -0.1) is 0 Å². The number of amides is 1. The average molecular weight is 276 g/mol. The quantitative estimate of drug-likeness (QED) is 0.743. The van der Waals surface area contributed by atoms with Crippen molar-refractivity contribution in [2.24, 2.45) is 0 Å². The topological polar surface area (TPSA) is 99.5 Å². The fourth-order valence-corrected chi connectivity index (χ4v) is 1.51. The maximum atomic E-state index is 12.7. The standard InChI is InChI=1S/C13H9FN2O4/c14-7-4-5-10(15-6-7)12(18)16-9-3-1-2-8(11(9)17)13(19)20/h1-6,17H,(H,16,18)(H,19,20). The van der Waals surface area contributed by atoms with E-state index in [0.717, 1.165) is 12.3 Å². The Morgan fingerprint density at radius 3 is 2.55 bits per heavy atom. The highest BCUT2D eigenvalue weighted by atomic mass is 19.1. The van der Waals surface area contributed by atoms with E-state index in [1.165, 1.54) is 24.3 Å². The van der Waals surface area contributed by atoms with Crippen LogP contribution in [-0.4, -0.2) is 27.1 Å². The van der Waals surface area contributed by atoms with Gasteiger partial charge in [-0.2, -0.15) is 0 Å². The van der Waals surface area contributed by atoms with E-state index in [1.54, 1.807) is 0 Å². The van der Waals surface area contributed by atoms with Crippen molar-refractivity contribution in [3.05, 3.63) is 53.6 Å². The second-order valence-corrected chi connectivity index (χ2v) is 3.82. The van der Waals surface area contributed by atoms with Gasteiger partial charge in [-0.05, 0) is 24.3 Å². The Morgan fingerprint density at radius 2 is 1.95 bits per heavy atom. The Morgan fingerprint density at radius 1 is 1.20 bits per heavy atom. The second-order valence-electron chi connectivity index (χ2n) is 3.82. The molecule has 0 saturated heterocycles. The molecule has 0 spiro atoms. The Kier molecular flexibility index (Phi) is 3.60. The number of aromatic carboxylic acids is 1. The zero-order valence-corrected chi connectivity index (χ0v) is 10.0. The number of halogens is 1. The highest BCUT2D eigenvalue weighted by Gasteiger charge is 2.15. The van der Waals surface area contributed by atoms with Gasteiger partial charge >= 0.3 is 5.97 Å². The molecule has 6 nitrogen and oxygen atoms in total. The first-order valence-corrected chi connectivity index (χ1v) is 5.47. The molecular formula is C13H9FN2O4. The lowest BCUT2D eigenvalue weighted by Crippen LogP contribution is -2.14. The van der Waals surface area contributed by atoms with Gasteiger partial charge in [0.05, 0.1) is 11.9 Å². The number of anilines is 1. The lowest BCUT2D eigenvalue weighted by atomic mass is 10.1. The largest absolute Gasteiger partial charge is 0.505 e. The first-order valence-electron chi connectivity index (χ1n) is 5.47. The minimum Gasteiger partial charge on any atom is -0.505 e. The highest BCUT2D eigenvalue weighted by molar-refractivity contribution is 6.05. The number of carboxylic acid groups (broad SMARTS) is 1. The number of hydrogen-bond donors (Lipinski definition) is 3. The molecule has 0 saturated carbocycles. The minimum absolute atomic E-state index is 0.0634. The lowest BCUT2D eigenvalue weighted by molar-refractivity contribution is 0.0693. The van der Waals surface area contributed by atoms with Gasteiger partial charge in [-0.25, -0.2) is 14.2 Å². The van der Waals surface area contributed by atoms with Crippen LogP contribution < -0.4 is 5.32 Å². The summed E-state index contributed by atoms with van der Waals surface area (Å²) < 4.78 is 12.7. The van der Waals surface area contributed by atoms with Gasteiger partial charge < -0.3 is 15.5 Å². The number of phenols is 1. The average Bonchev–Trinajstić information content (AvgIpc) is 2.41. The minimum atomic E-state index is -1.32. The molecule has 1 amide bonds. The maximum Gasteiger partial charge on any atom is 0.339 e. The van der Waals surface area contributed by atoms with E-state index >= 15 is 0 Å².